The second kappa shape index (κ2) is 8.93. The maximum Gasteiger partial charge on any atom is 0.303 e. The lowest BCUT2D eigenvalue weighted by molar-refractivity contribution is -0.146. The molecule has 1 aromatic carbocycles. The molecule has 0 aromatic heterocycles. The van der Waals surface area contributed by atoms with Gasteiger partial charge < -0.3 is 15.8 Å². The third-order valence-corrected chi connectivity index (χ3v) is 4.09. The number of benzene rings is 1. The van der Waals surface area contributed by atoms with Gasteiger partial charge in [0.15, 0.2) is 6.61 Å². The van der Waals surface area contributed by atoms with E-state index in [1.54, 1.807) is 24.3 Å². The van der Waals surface area contributed by atoms with Crippen molar-refractivity contribution >= 4 is 28.6 Å². The SMILES string of the molecule is CC(=O)OCC(=O)N[C@H](CC[S@](=O)c1ccccc1)C(N)=O. The largest absolute Gasteiger partial charge is 0.456 e. The summed E-state index contributed by atoms with van der Waals surface area (Å²) >= 11 is 0. The number of hydrogen-bond acceptors (Lipinski definition) is 5. The molecule has 2 amide bonds. The first kappa shape index (κ1) is 17.8. The molecule has 0 fully saturated rings. The van der Waals surface area contributed by atoms with Crippen molar-refractivity contribution in [1.82, 2.24) is 5.32 Å². The van der Waals surface area contributed by atoms with Crippen LogP contribution in [0, 0.1) is 0 Å². The minimum Gasteiger partial charge on any atom is -0.456 e. The summed E-state index contributed by atoms with van der Waals surface area (Å²) < 4.78 is 16.6. The molecule has 120 valence electrons. The number of nitrogens with one attached hydrogen (secondary N) is 1. The summed E-state index contributed by atoms with van der Waals surface area (Å²) in [6.45, 7) is 0.683. The molecule has 0 bridgehead atoms. The van der Waals surface area contributed by atoms with Gasteiger partial charge in [-0.15, -0.1) is 0 Å². The average Bonchev–Trinajstić information content (AvgIpc) is 2.49. The van der Waals surface area contributed by atoms with Gasteiger partial charge in [-0.2, -0.15) is 0 Å². The minimum atomic E-state index is -1.29. The van der Waals surface area contributed by atoms with Crippen LogP contribution in [0.4, 0.5) is 0 Å². The molecular weight excluding hydrogens is 308 g/mol. The number of carbonyl (C=O) groups is 3. The minimum absolute atomic E-state index is 0.128. The fraction of sp³-hybridized carbons (Fsp3) is 0.357. The van der Waals surface area contributed by atoms with Gasteiger partial charge in [-0.25, -0.2) is 0 Å². The zero-order chi connectivity index (χ0) is 16.5. The highest BCUT2D eigenvalue weighted by Crippen LogP contribution is 2.07. The fourth-order valence-electron chi connectivity index (χ4n) is 1.60. The number of hydrogen-bond donors (Lipinski definition) is 2. The van der Waals surface area contributed by atoms with Crippen LogP contribution in [0.25, 0.3) is 0 Å². The van der Waals surface area contributed by atoms with Gasteiger partial charge in [0.05, 0.1) is 10.8 Å². The molecule has 8 heteroatoms. The summed E-state index contributed by atoms with van der Waals surface area (Å²) in [6.07, 6.45) is 0.128. The lowest BCUT2D eigenvalue weighted by Gasteiger charge is -2.15. The maximum absolute atomic E-state index is 12.0. The number of carbonyl (C=O) groups excluding carboxylic acids is 3. The Morgan fingerprint density at radius 2 is 1.91 bits per heavy atom. The third kappa shape index (κ3) is 6.49. The van der Waals surface area contributed by atoms with Crippen molar-refractivity contribution in [3.8, 4) is 0 Å². The Kier molecular flexibility index (Phi) is 7.24. The van der Waals surface area contributed by atoms with E-state index in [2.05, 4.69) is 10.1 Å². The molecule has 0 radical (unpaired) electrons. The maximum atomic E-state index is 12.0. The van der Waals surface area contributed by atoms with Gasteiger partial charge in [0.2, 0.25) is 5.91 Å². The van der Waals surface area contributed by atoms with Gasteiger partial charge in [0, 0.05) is 17.6 Å². The molecule has 0 spiro atoms. The smallest absolute Gasteiger partial charge is 0.303 e. The number of esters is 1. The van der Waals surface area contributed by atoms with E-state index in [0.717, 1.165) is 0 Å². The molecule has 0 aliphatic carbocycles. The molecule has 0 saturated heterocycles. The van der Waals surface area contributed by atoms with Crippen LogP contribution in [0.2, 0.25) is 0 Å². The lowest BCUT2D eigenvalue weighted by atomic mass is 10.2. The summed E-state index contributed by atoms with van der Waals surface area (Å²) in [5, 5.41) is 2.35. The number of ether oxygens (including phenoxy) is 1. The number of primary amides is 1. The molecule has 0 aliphatic rings. The van der Waals surface area contributed by atoms with Crippen molar-refractivity contribution < 1.29 is 23.3 Å². The number of nitrogens with two attached hydrogens (primary N) is 1. The van der Waals surface area contributed by atoms with E-state index in [4.69, 9.17) is 5.73 Å². The Balaban J connectivity index is 2.51. The number of amides is 2. The van der Waals surface area contributed by atoms with E-state index in [1.165, 1.54) is 6.92 Å². The zero-order valence-electron chi connectivity index (χ0n) is 12.1. The molecule has 1 rings (SSSR count). The standard InChI is InChI=1S/C14H18N2O5S/c1-10(17)21-9-13(18)16-12(14(15)19)7-8-22(20)11-5-3-2-4-6-11/h2-6,12H,7-9H2,1H3,(H2,15,19)(H,16,18)/t12-,22+/m1/s1. The van der Waals surface area contributed by atoms with Crippen LogP contribution in [0.15, 0.2) is 35.2 Å². The number of rotatable bonds is 8. The first-order valence-electron chi connectivity index (χ1n) is 6.55. The van der Waals surface area contributed by atoms with Crippen molar-refractivity contribution in [3.05, 3.63) is 30.3 Å². The summed E-state index contributed by atoms with van der Waals surface area (Å²) in [4.78, 5) is 34.1. The fourth-order valence-corrected chi connectivity index (χ4v) is 2.75. The van der Waals surface area contributed by atoms with Crippen molar-refractivity contribution in [2.45, 2.75) is 24.3 Å². The van der Waals surface area contributed by atoms with E-state index < -0.39 is 41.2 Å². The van der Waals surface area contributed by atoms with Gasteiger partial charge in [0.1, 0.15) is 6.04 Å². The normalized spacial score (nSPS) is 13.0. The summed E-state index contributed by atoms with van der Waals surface area (Å²) in [7, 11) is -1.29. The van der Waals surface area contributed by atoms with Gasteiger partial charge in [-0.1, -0.05) is 18.2 Å². The Bertz CT molecular complexity index is 562. The second-order valence-corrected chi connectivity index (χ2v) is 6.02. The van der Waals surface area contributed by atoms with E-state index in [-0.39, 0.29) is 12.2 Å². The highest BCUT2D eigenvalue weighted by Gasteiger charge is 2.19. The van der Waals surface area contributed by atoms with Crippen molar-refractivity contribution in [2.75, 3.05) is 12.4 Å². The Morgan fingerprint density at radius 1 is 1.27 bits per heavy atom. The van der Waals surface area contributed by atoms with E-state index in [1.807, 2.05) is 6.07 Å². The van der Waals surface area contributed by atoms with Crippen LogP contribution in [0.5, 0.6) is 0 Å². The van der Waals surface area contributed by atoms with Gasteiger partial charge in [0.25, 0.3) is 5.91 Å². The highest BCUT2D eigenvalue weighted by atomic mass is 32.2. The van der Waals surface area contributed by atoms with Crippen molar-refractivity contribution in [3.63, 3.8) is 0 Å². The topological polar surface area (TPSA) is 116 Å². The summed E-state index contributed by atoms with van der Waals surface area (Å²) in [5.74, 6) is -1.80. The predicted molar refractivity (Wildman–Crippen MR) is 80.1 cm³/mol. The molecule has 0 unspecified atom stereocenters. The van der Waals surface area contributed by atoms with E-state index >= 15 is 0 Å². The molecule has 22 heavy (non-hydrogen) atoms. The van der Waals surface area contributed by atoms with Crippen molar-refractivity contribution in [1.29, 1.82) is 0 Å². The molecule has 0 aliphatic heterocycles. The molecule has 2 atom stereocenters. The zero-order valence-corrected chi connectivity index (χ0v) is 12.9. The van der Waals surface area contributed by atoms with Crippen molar-refractivity contribution in [2.24, 2.45) is 5.73 Å². The van der Waals surface area contributed by atoms with Gasteiger partial charge >= 0.3 is 5.97 Å². The van der Waals surface area contributed by atoms with Crippen LogP contribution < -0.4 is 11.1 Å². The predicted octanol–water partition coefficient (Wildman–Crippen LogP) is -0.283. The lowest BCUT2D eigenvalue weighted by Crippen LogP contribution is -2.46. The van der Waals surface area contributed by atoms with Crippen LogP contribution >= 0.6 is 0 Å². The molecule has 3 N–H and O–H groups in total. The van der Waals surface area contributed by atoms with Crippen LogP contribution in [-0.2, 0) is 29.9 Å². The monoisotopic (exact) mass is 326 g/mol. The average molecular weight is 326 g/mol. The van der Waals surface area contributed by atoms with Gasteiger partial charge in [-0.05, 0) is 18.6 Å². The summed E-state index contributed by atoms with van der Waals surface area (Å²) in [6, 6.07) is 7.81. The Hall–Kier alpha value is -2.22. The summed E-state index contributed by atoms with van der Waals surface area (Å²) in [5.41, 5.74) is 5.21. The molecule has 0 saturated carbocycles. The van der Waals surface area contributed by atoms with E-state index in [0.29, 0.717) is 4.90 Å². The second-order valence-electron chi connectivity index (χ2n) is 4.45. The quantitative estimate of drug-likeness (QED) is 0.637. The van der Waals surface area contributed by atoms with E-state index in [9.17, 15) is 18.6 Å². The third-order valence-electron chi connectivity index (χ3n) is 2.68. The van der Waals surface area contributed by atoms with Gasteiger partial charge in [-0.3, -0.25) is 18.6 Å². The first-order valence-corrected chi connectivity index (χ1v) is 7.87. The molecular formula is C14H18N2O5S. The molecule has 0 heterocycles. The van der Waals surface area contributed by atoms with Crippen LogP contribution in [0.3, 0.4) is 0 Å². The molecule has 7 nitrogen and oxygen atoms in total. The Morgan fingerprint density at radius 3 is 2.45 bits per heavy atom. The van der Waals surface area contributed by atoms with Crippen LogP contribution in [0.1, 0.15) is 13.3 Å². The first-order chi connectivity index (χ1) is 10.4. The van der Waals surface area contributed by atoms with Crippen LogP contribution in [-0.4, -0.2) is 40.4 Å². The molecule has 1 aromatic rings. The highest BCUT2D eigenvalue weighted by molar-refractivity contribution is 7.85. The Labute approximate surface area is 130 Å².